The third-order valence-electron chi connectivity index (χ3n) is 3.17. The summed E-state index contributed by atoms with van der Waals surface area (Å²) in [6, 6.07) is 8.62. The van der Waals surface area contributed by atoms with E-state index in [0.717, 1.165) is 24.3 Å². The van der Waals surface area contributed by atoms with Gasteiger partial charge in [0.05, 0.1) is 23.6 Å². The molecule has 0 N–H and O–H groups in total. The molecule has 2 rings (SSSR count). The Hall–Kier alpha value is -2.49. The van der Waals surface area contributed by atoms with Gasteiger partial charge in [0.2, 0.25) is 0 Å². The Bertz CT molecular complexity index is 752. The van der Waals surface area contributed by atoms with Gasteiger partial charge in [0.25, 0.3) is 0 Å². The second-order valence-corrected chi connectivity index (χ2v) is 4.79. The highest BCUT2D eigenvalue weighted by Gasteiger charge is 2.35. The molecule has 1 nitrogen and oxygen atoms in total. The van der Waals surface area contributed by atoms with E-state index in [1.54, 1.807) is 6.07 Å². The molecule has 0 saturated carbocycles. The molecule has 120 valence electrons. The predicted octanol–water partition coefficient (Wildman–Crippen LogP) is 5.46. The van der Waals surface area contributed by atoms with E-state index in [2.05, 4.69) is 0 Å². The Morgan fingerprint density at radius 1 is 0.870 bits per heavy atom. The van der Waals surface area contributed by atoms with Gasteiger partial charge in [-0.1, -0.05) is 24.3 Å². The molecule has 23 heavy (non-hydrogen) atoms. The fourth-order valence-electron chi connectivity index (χ4n) is 2.14. The van der Waals surface area contributed by atoms with Crippen LogP contribution in [0.2, 0.25) is 0 Å². The monoisotopic (exact) mass is 329 g/mol. The van der Waals surface area contributed by atoms with E-state index in [9.17, 15) is 26.3 Å². The third-order valence-corrected chi connectivity index (χ3v) is 3.17. The first-order valence-corrected chi connectivity index (χ1v) is 6.37. The van der Waals surface area contributed by atoms with Crippen molar-refractivity contribution in [2.75, 3.05) is 0 Å². The molecule has 0 saturated heterocycles. The number of hydrogen-bond donors (Lipinski definition) is 0. The molecular formula is C16H9F6N. The van der Waals surface area contributed by atoms with Crippen LogP contribution in [0.1, 0.15) is 16.7 Å². The zero-order valence-corrected chi connectivity index (χ0v) is 11.5. The summed E-state index contributed by atoms with van der Waals surface area (Å²) in [5.74, 6) is 0. The van der Waals surface area contributed by atoms with Gasteiger partial charge in [-0.2, -0.15) is 31.6 Å². The first-order valence-electron chi connectivity index (χ1n) is 6.37. The molecule has 0 fully saturated rings. The van der Waals surface area contributed by atoms with Crippen LogP contribution in [0.15, 0.2) is 42.5 Å². The van der Waals surface area contributed by atoms with Crippen molar-refractivity contribution in [3.63, 3.8) is 0 Å². The fraction of sp³-hybridized carbons (Fsp3) is 0.188. The van der Waals surface area contributed by atoms with E-state index in [4.69, 9.17) is 5.26 Å². The molecule has 0 aliphatic heterocycles. The molecule has 0 aromatic heterocycles. The van der Waals surface area contributed by atoms with Gasteiger partial charge in [-0.25, -0.2) is 0 Å². The molecule has 0 atom stereocenters. The highest BCUT2D eigenvalue weighted by atomic mass is 19.4. The molecule has 0 radical (unpaired) electrons. The molecule has 0 heterocycles. The average Bonchev–Trinajstić information content (AvgIpc) is 2.46. The van der Waals surface area contributed by atoms with E-state index < -0.39 is 23.5 Å². The van der Waals surface area contributed by atoms with Crippen molar-refractivity contribution in [3.8, 4) is 17.2 Å². The number of rotatable bonds is 2. The fourth-order valence-corrected chi connectivity index (χ4v) is 2.14. The van der Waals surface area contributed by atoms with Gasteiger partial charge in [-0.05, 0) is 34.9 Å². The summed E-state index contributed by atoms with van der Waals surface area (Å²) in [4.78, 5) is 0. The molecule has 7 heteroatoms. The lowest BCUT2D eigenvalue weighted by Gasteiger charge is -2.15. The smallest absolute Gasteiger partial charge is 0.198 e. The number of benzene rings is 2. The van der Waals surface area contributed by atoms with Crippen LogP contribution in [0, 0.1) is 11.3 Å². The lowest BCUT2D eigenvalue weighted by Crippen LogP contribution is -2.09. The summed E-state index contributed by atoms with van der Waals surface area (Å²) in [5.41, 5.74) is -2.48. The second-order valence-electron chi connectivity index (χ2n) is 4.79. The van der Waals surface area contributed by atoms with Crippen molar-refractivity contribution >= 4 is 0 Å². The zero-order valence-electron chi connectivity index (χ0n) is 11.5. The lowest BCUT2D eigenvalue weighted by molar-refractivity contribution is -0.137. The summed E-state index contributed by atoms with van der Waals surface area (Å²) < 4.78 is 77.7. The first kappa shape index (κ1) is 16.9. The second kappa shape index (κ2) is 5.95. The van der Waals surface area contributed by atoms with E-state index in [1.807, 2.05) is 0 Å². The van der Waals surface area contributed by atoms with Crippen LogP contribution in [0.3, 0.4) is 0 Å². The molecular weight excluding hydrogens is 320 g/mol. The molecule has 0 unspecified atom stereocenters. The standard InChI is InChI=1S/C16H9F6N/c17-15(18,19)12-3-1-2-11(9-12)13-5-4-10(6-7-23)8-14(13)16(20,21)22/h1-5,8-9H,6H2. The van der Waals surface area contributed by atoms with E-state index >= 15 is 0 Å². The summed E-state index contributed by atoms with van der Waals surface area (Å²) in [6.45, 7) is 0. The molecule has 0 aliphatic rings. The van der Waals surface area contributed by atoms with Crippen LogP contribution in [-0.4, -0.2) is 0 Å². The quantitative estimate of drug-likeness (QED) is 0.671. The van der Waals surface area contributed by atoms with Crippen molar-refractivity contribution in [3.05, 3.63) is 59.2 Å². The van der Waals surface area contributed by atoms with Crippen molar-refractivity contribution in [1.82, 2.24) is 0 Å². The van der Waals surface area contributed by atoms with Crippen LogP contribution in [-0.2, 0) is 18.8 Å². The van der Waals surface area contributed by atoms with E-state index in [1.165, 1.54) is 12.1 Å². The van der Waals surface area contributed by atoms with Crippen LogP contribution in [0.4, 0.5) is 26.3 Å². The number of nitriles is 1. The van der Waals surface area contributed by atoms with Crippen LogP contribution in [0.5, 0.6) is 0 Å². The largest absolute Gasteiger partial charge is 0.417 e. The predicted molar refractivity (Wildman–Crippen MR) is 71.2 cm³/mol. The van der Waals surface area contributed by atoms with E-state index in [-0.39, 0.29) is 23.1 Å². The van der Waals surface area contributed by atoms with Gasteiger partial charge < -0.3 is 0 Å². The Balaban J connectivity index is 2.62. The molecule has 0 amide bonds. The minimum atomic E-state index is -4.74. The number of alkyl halides is 6. The summed E-state index contributed by atoms with van der Waals surface area (Å²) in [7, 11) is 0. The Labute approximate surface area is 127 Å². The normalized spacial score (nSPS) is 12.0. The van der Waals surface area contributed by atoms with Crippen LogP contribution < -0.4 is 0 Å². The summed E-state index contributed by atoms with van der Waals surface area (Å²) in [5, 5.41) is 8.57. The maximum absolute atomic E-state index is 13.2. The minimum Gasteiger partial charge on any atom is -0.198 e. The van der Waals surface area contributed by atoms with Crippen LogP contribution in [0.25, 0.3) is 11.1 Å². The van der Waals surface area contributed by atoms with E-state index in [0.29, 0.717) is 6.07 Å². The highest BCUT2D eigenvalue weighted by molar-refractivity contribution is 5.69. The third kappa shape index (κ3) is 3.83. The van der Waals surface area contributed by atoms with Gasteiger partial charge in [0, 0.05) is 0 Å². The maximum Gasteiger partial charge on any atom is 0.417 e. The summed E-state index contributed by atoms with van der Waals surface area (Å²) >= 11 is 0. The van der Waals surface area contributed by atoms with Crippen LogP contribution >= 0.6 is 0 Å². The Morgan fingerprint density at radius 2 is 1.57 bits per heavy atom. The number of halogens is 6. The van der Waals surface area contributed by atoms with Crippen molar-refractivity contribution < 1.29 is 26.3 Å². The topological polar surface area (TPSA) is 23.8 Å². The van der Waals surface area contributed by atoms with Gasteiger partial charge >= 0.3 is 12.4 Å². The first-order chi connectivity index (χ1) is 10.6. The molecule has 2 aromatic carbocycles. The zero-order chi connectivity index (χ0) is 17.3. The van der Waals surface area contributed by atoms with Gasteiger partial charge in [0.1, 0.15) is 0 Å². The molecule has 0 bridgehead atoms. The maximum atomic E-state index is 13.2. The molecule has 0 aliphatic carbocycles. The average molecular weight is 329 g/mol. The Morgan fingerprint density at radius 3 is 2.13 bits per heavy atom. The Kier molecular flexibility index (Phi) is 4.37. The van der Waals surface area contributed by atoms with Crippen molar-refractivity contribution in [1.29, 1.82) is 5.26 Å². The van der Waals surface area contributed by atoms with Crippen molar-refractivity contribution in [2.24, 2.45) is 0 Å². The minimum absolute atomic E-state index is 0.149. The number of nitrogens with zero attached hydrogens (tertiary/aromatic N) is 1. The lowest BCUT2D eigenvalue weighted by atomic mass is 9.95. The van der Waals surface area contributed by atoms with Crippen molar-refractivity contribution in [2.45, 2.75) is 18.8 Å². The summed E-state index contributed by atoms with van der Waals surface area (Å²) in [6.07, 6.45) is -9.60. The molecule has 2 aromatic rings. The number of hydrogen-bond acceptors (Lipinski definition) is 1. The SMILES string of the molecule is N#CCc1ccc(-c2cccc(C(F)(F)F)c2)c(C(F)(F)F)c1. The highest BCUT2D eigenvalue weighted by Crippen LogP contribution is 2.39. The van der Waals surface area contributed by atoms with Gasteiger partial charge in [0.15, 0.2) is 0 Å². The molecule has 0 spiro atoms. The van der Waals surface area contributed by atoms with Gasteiger partial charge in [-0.3, -0.25) is 0 Å². The van der Waals surface area contributed by atoms with Gasteiger partial charge in [-0.15, -0.1) is 0 Å².